The first-order valence-electron chi connectivity index (χ1n) is 6.55. The molecule has 3 rings (SSSR count). The van der Waals surface area contributed by atoms with Crippen LogP contribution in [0.4, 0.5) is 5.82 Å². The van der Waals surface area contributed by atoms with E-state index in [2.05, 4.69) is 20.9 Å². The van der Waals surface area contributed by atoms with E-state index in [0.717, 1.165) is 48.6 Å². The number of fused-ring (bicyclic) bond motifs is 1. The predicted octanol–water partition coefficient (Wildman–Crippen LogP) is 3.35. The largest absolute Gasteiger partial charge is 0.377 e. The fourth-order valence-electron chi connectivity index (χ4n) is 2.56. The van der Waals surface area contributed by atoms with Gasteiger partial charge in [0.15, 0.2) is 0 Å². The molecule has 1 atom stereocenters. The van der Waals surface area contributed by atoms with Gasteiger partial charge in [0.1, 0.15) is 10.6 Å². The van der Waals surface area contributed by atoms with Crippen LogP contribution in [0.1, 0.15) is 19.8 Å². The Morgan fingerprint density at radius 2 is 2.42 bits per heavy atom. The molecular formula is C13H16ClN3OS. The van der Waals surface area contributed by atoms with Gasteiger partial charge in [0.2, 0.25) is 5.28 Å². The standard InChI is InChI=1S/C13H16ClN3OS/c1-2-18-9-4-3-6-17(8-9)11-10-5-7-19-12(10)16-13(14)15-11/h5,7,9H,2-4,6,8H2,1H3. The first-order chi connectivity index (χ1) is 9.28. The molecule has 2 aromatic heterocycles. The third kappa shape index (κ3) is 2.68. The lowest BCUT2D eigenvalue weighted by molar-refractivity contribution is 0.0526. The van der Waals surface area contributed by atoms with E-state index in [-0.39, 0.29) is 0 Å². The minimum absolute atomic E-state index is 0.293. The Labute approximate surface area is 121 Å². The van der Waals surface area contributed by atoms with Crippen LogP contribution in [0.25, 0.3) is 10.2 Å². The van der Waals surface area contributed by atoms with Gasteiger partial charge < -0.3 is 9.64 Å². The number of thiophene rings is 1. The Kier molecular flexibility index (Phi) is 3.86. The van der Waals surface area contributed by atoms with E-state index in [9.17, 15) is 0 Å². The SMILES string of the molecule is CCOC1CCCN(c2nc(Cl)nc3sccc23)C1. The molecule has 1 fully saturated rings. The zero-order chi connectivity index (χ0) is 13.2. The molecule has 0 saturated carbocycles. The molecule has 1 saturated heterocycles. The molecule has 0 amide bonds. The molecule has 0 aromatic carbocycles. The lowest BCUT2D eigenvalue weighted by Crippen LogP contribution is -2.40. The van der Waals surface area contributed by atoms with Gasteiger partial charge in [-0.3, -0.25) is 0 Å². The molecule has 0 bridgehead atoms. The highest BCUT2D eigenvalue weighted by Gasteiger charge is 2.23. The molecule has 3 heterocycles. The monoisotopic (exact) mass is 297 g/mol. The zero-order valence-electron chi connectivity index (χ0n) is 10.8. The van der Waals surface area contributed by atoms with Gasteiger partial charge in [-0.15, -0.1) is 11.3 Å². The fourth-order valence-corrected chi connectivity index (χ4v) is 3.53. The number of rotatable bonds is 3. The molecule has 0 spiro atoms. The maximum Gasteiger partial charge on any atom is 0.225 e. The number of anilines is 1. The Hall–Kier alpha value is -0.910. The second kappa shape index (κ2) is 5.61. The van der Waals surface area contributed by atoms with Crippen molar-refractivity contribution < 1.29 is 4.74 Å². The Morgan fingerprint density at radius 1 is 1.53 bits per heavy atom. The van der Waals surface area contributed by atoms with E-state index in [4.69, 9.17) is 16.3 Å². The van der Waals surface area contributed by atoms with Crippen molar-refractivity contribution >= 4 is 39.0 Å². The number of hydrogen-bond acceptors (Lipinski definition) is 5. The van der Waals surface area contributed by atoms with E-state index in [1.54, 1.807) is 11.3 Å². The number of piperidine rings is 1. The van der Waals surface area contributed by atoms with Gasteiger partial charge in [-0.05, 0) is 42.8 Å². The highest BCUT2D eigenvalue weighted by atomic mass is 35.5. The van der Waals surface area contributed by atoms with Crippen LogP contribution >= 0.6 is 22.9 Å². The topological polar surface area (TPSA) is 38.2 Å². The van der Waals surface area contributed by atoms with Crippen LogP contribution in [0, 0.1) is 0 Å². The van der Waals surface area contributed by atoms with Crippen molar-refractivity contribution in [2.24, 2.45) is 0 Å². The third-order valence-electron chi connectivity index (χ3n) is 3.36. The van der Waals surface area contributed by atoms with Crippen molar-refractivity contribution in [2.75, 3.05) is 24.6 Å². The fraction of sp³-hybridized carbons (Fsp3) is 0.538. The van der Waals surface area contributed by atoms with Crippen molar-refractivity contribution in [1.82, 2.24) is 9.97 Å². The molecular weight excluding hydrogens is 282 g/mol. The lowest BCUT2D eigenvalue weighted by atomic mass is 10.1. The Balaban J connectivity index is 1.92. The predicted molar refractivity (Wildman–Crippen MR) is 79.3 cm³/mol. The summed E-state index contributed by atoms with van der Waals surface area (Å²) < 4.78 is 5.74. The smallest absolute Gasteiger partial charge is 0.225 e. The van der Waals surface area contributed by atoms with Crippen LogP contribution in [0.15, 0.2) is 11.4 Å². The molecule has 19 heavy (non-hydrogen) atoms. The lowest BCUT2D eigenvalue weighted by Gasteiger charge is -2.33. The average molecular weight is 298 g/mol. The van der Waals surface area contributed by atoms with Gasteiger partial charge in [-0.25, -0.2) is 4.98 Å². The number of ether oxygens (including phenoxy) is 1. The Bertz CT molecular complexity index is 572. The van der Waals surface area contributed by atoms with E-state index >= 15 is 0 Å². The number of hydrogen-bond donors (Lipinski definition) is 0. The van der Waals surface area contributed by atoms with E-state index in [1.165, 1.54) is 0 Å². The highest BCUT2D eigenvalue weighted by molar-refractivity contribution is 7.16. The minimum Gasteiger partial charge on any atom is -0.377 e. The summed E-state index contributed by atoms with van der Waals surface area (Å²) in [5.41, 5.74) is 0. The van der Waals surface area contributed by atoms with E-state index in [0.29, 0.717) is 11.4 Å². The second-order valence-corrected chi connectivity index (χ2v) is 5.85. The molecule has 0 N–H and O–H groups in total. The summed E-state index contributed by atoms with van der Waals surface area (Å²) >= 11 is 7.62. The van der Waals surface area contributed by atoms with Gasteiger partial charge in [0.25, 0.3) is 0 Å². The van der Waals surface area contributed by atoms with Gasteiger partial charge in [0.05, 0.1) is 11.5 Å². The summed E-state index contributed by atoms with van der Waals surface area (Å²) in [5.74, 6) is 0.945. The normalized spacial score (nSPS) is 20.1. The first-order valence-corrected chi connectivity index (χ1v) is 7.81. The maximum absolute atomic E-state index is 6.02. The molecule has 1 unspecified atom stereocenters. The quantitative estimate of drug-likeness (QED) is 0.814. The maximum atomic E-state index is 6.02. The molecule has 0 radical (unpaired) electrons. The van der Waals surface area contributed by atoms with E-state index < -0.39 is 0 Å². The van der Waals surface area contributed by atoms with Gasteiger partial charge in [0, 0.05) is 19.7 Å². The first kappa shape index (κ1) is 13.1. The van der Waals surface area contributed by atoms with Crippen LogP contribution < -0.4 is 4.90 Å². The van der Waals surface area contributed by atoms with Crippen LogP contribution in [0.3, 0.4) is 0 Å². The van der Waals surface area contributed by atoms with E-state index in [1.807, 2.05) is 12.3 Å². The van der Waals surface area contributed by atoms with Crippen molar-refractivity contribution in [2.45, 2.75) is 25.9 Å². The summed E-state index contributed by atoms with van der Waals surface area (Å²) in [6.45, 7) is 4.68. The van der Waals surface area contributed by atoms with Crippen LogP contribution in [-0.2, 0) is 4.74 Å². The van der Waals surface area contributed by atoms with Crippen molar-refractivity contribution in [3.8, 4) is 0 Å². The van der Waals surface area contributed by atoms with Crippen molar-refractivity contribution in [3.05, 3.63) is 16.7 Å². The minimum atomic E-state index is 0.293. The summed E-state index contributed by atoms with van der Waals surface area (Å²) in [6, 6.07) is 2.07. The number of halogens is 1. The van der Waals surface area contributed by atoms with Crippen molar-refractivity contribution in [1.29, 1.82) is 0 Å². The van der Waals surface area contributed by atoms with Crippen LogP contribution in [0.5, 0.6) is 0 Å². The molecule has 6 heteroatoms. The van der Waals surface area contributed by atoms with Crippen molar-refractivity contribution in [3.63, 3.8) is 0 Å². The van der Waals surface area contributed by atoms with Crippen LogP contribution in [-0.4, -0.2) is 35.8 Å². The van der Waals surface area contributed by atoms with Crippen LogP contribution in [0.2, 0.25) is 5.28 Å². The average Bonchev–Trinajstić information content (AvgIpc) is 2.86. The molecule has 102 valence electrons. The molecule has 0 aliphatic carbocycles. The molecule has 1 aliphatic rings. The summed E-state index contributed by atoms with van der Waals surface area (Å²) in [5, 5.41) is 3.44. The molecule has 2 aromatic rings. The summed E-state index contributed by atoms with van der Waals surface area (Å²) in [4.78, 5) is 11.9. The van der Waals surface area contributed by atoms with Gasteiger partial charge >= 0.3 is 0 Å². The highest BCUT2D eigenvalue weighted by Crippen LogP contribution is 2.31. The molecule has 4 nitrogen and oxygen atoms in total. The number of nitrogens with zero attached hydrogens (tertiary/aromatic N) is 3. The van der Waals surface area contributed by atoms with Gasteiger partial charge in [-0.2, -0.15) is 4.98 Å². The summed E-state index contributed by atoms with van der Waals surface area (Å²) in [7, 11) is 0. The summed E-state index contributed by atoms with van der Waals surface area (Å²) in [6.07, 6.45) is 2.54. The zero-order valence-corrected chi connectivity index (χ0v) is 12.4. The Morgan fingerprint density at radius 3 is 3.26 bits per heavy atom. The third-order valence-corrected chi connectivity index (χ3v) is 4.33. The second-order valence-electron chi connectivity index (χ2n) is 4.62. The molecule has 1 aliphatic heterocycles. The van der Waals surface area contributed by atoms with Gasteiger partial charge in [-0.1, -0.05) is 0 Å². The number of aromatic nitrogens is 2.